The molecule has 0 unspecified atom stereocenters. The summed E-state index contributed by atoms with van der Waals surface area (Å²) in [5, 5.41) is 51.1. The lowest BCUT2D eigenvalue weighted by Gasteiger charge is -2.32. The topological polar surface area (TPSA) is 98.4 Å². The Morgan fingerprint density at radius 3 is 1.10 bits per heavy atom. The zero-order valence-electron chi connectivity index (χ0n) is 19.0. The lowest BCUT2D eigenvalue weighted by Crippen LogP contribution is -2.53. The van der Waals surface area contributed by atoms with Crippen molar-refractivity contribution in [2.75, 3.05) is 0 Å². The maximum atomic E-state index is 12.4. The average Bonchev–Trinajstić information content (AvgIpc) is 2.84. The number of hydroxylamine groups is 6. The van der Waals surface area contributed by atoms with Crippen LogP contribution in [0, 0.1) is 10.4 Å². The Balaban J connectivity index is 2.03. The zero-order valence-corrected chi connectivity index (χ0v) is 19.0. The molecule has 2 rings (SSSR count). The molecule has 8 nitrogen and oxygen atoms in total. The molecule has 0 bridgehead atoms. The minimum atomic E-state index is -0.839. The van der Waals surface area contributed by atoms with Crippen molar-refractivity contribution >= 4 is 11.7 Å². The number of hydrogen-bond acceptors (Lipinski definition) is 4. The van der Waals surface area contributed by atoms with Gasteiger partial charge in [0.25, 0.3) is 0 Å². The van der Waals surface area contributed by atoms with Gasteiger partial charge in [0.15, 0.2) is 11.1 Å². The molecule has 0 saturated heterocycles. The summed E-state index contributed by atoms with van der Waals surface area (Å²) >= 11 is 0. The van der Waals surface area contributed by atoms with Crippen LogP contribution in [0.4, 0.5) is 0 Å². The summed E-state index contributed by atoms with van der Waals surface area (Å²) < 4.78 is 1.49. The summed E-state index contributed by atoms with van der Waals surface area (Å²) in [5.74, 6) is 0.125. The first kappa shape index (κ1) is 23.7. The highest BCUT2D eigenvalue weighted by Crippen LogP contribution is 2.36. The summed E-state index contributed by atoms with van der Waals surface area (Å²) in [5.41, 5.74) is -3.35. The second-order valence-electron chi connectivity index (χ2n) is 9.62. The third-order valence-electron chi connectivity index (χ3n) is 6.90. The number of rotatable bonds is 5. The normalized spacial score (nSPS) is 25.4. The Hall–Kier alpha value is -2.58. The Morgan fingerprint density at radius 2 is 0.867 bits per heavy atom. The second-order valence-corrected chi connectivity index (χ2v) is 9.62. The van der Waals surface area contributed by atoms with E-state index in [2.05, 4.69) is 0 Å². The van der Waals surface area contributed by atoms with Crippen molar-refractivity contribution in [3.63, 3.8) is 0 Å². The molecule has 2 radical (unpaired) electrons. The van der Waals surface area contributed by atoms with Crippen LogP contribution in [0.25, 0.3) is 0 Å². The van der Waals surface area contributed by atoms with Crippen molar-refractivity contribution < 1.29 is 19.9 Å². The average molecular weight is 417 g/mol. The zero-order chi connectivity index (χ0) is 23.1. The minimum Gasteiger partial charge on any atom is -0.714 e. The fourth-order valence-corrected chi connectivity index (χ4v) is 3.12. The van der Waals surface area contributed by atoms with Crippen LogP contribution in [0.1, 0.15) is 55.4 Å². The van der Waals surface area contributed by atoms with Gasteiger partial charge in [-0.25, -0.2) is 0 Å². The molecule has 0 atom stereocenters. The van der Waals surface area contributed by atoms with Gasteiger partial charge in [-0.2, -0.15) is 0 Å². The summed E-state index contributed by atoms with van der Waals surface area (Å²) in [7, 11) is 0. The molecular weight excluding hydrogens is 384 g/mol. The van der Waals surface area contributed by atoms with Gasteiger partial charge in [0.1, 0.15) is 11.1 Å². The van der Waals surface area contributed by atoms with E-state index in [0.29, 0.717) is 0 Å². The summed E-state index contributed by atoms with van der Waals surface area (Å²) in [4.78, 5) is 0. The molecule has 2 aliphatic heterocycles. The van der Waals surface area contributed by atoms with Crippen molar-refractivity contribution in [3.05, 3.63) is 59.0 Å². The highest BCUT2D eigenvalue weighted by molar-refractivity contribution is 5.90. The Bertz CT molecular complexity index is 802. The van der Waals surface area contributed by atoms with Gasteiger partial charge in [0.2, 0.25) is 0 Å². The van der Waals surface area contributed by atoms with E-state index in [1.54, 1.807) is 91.8 Å². The number of amidine groups is 2. The molecular formula is C22H32N4O4. The lowest BCUT2D eigenvalue weighted by atomic mass is 9.84. The monoisotopic (exact) mass is 416 g/mol. The molecule has 2 heterocycles. The predicted molar refractivity (Wildman–Crippen MR) is 115 cm³/mol. The maximum Gasteiger partial charge on any atom is 0.309 e. The van der Waals surface area contributed by atoms with Gasteiger partial charge in [0.05, 0.1) is 0 Å². The first-order chi connectivity index (χ1) is 13.6. The molecule has 0 aromatic carbocycles. The van der Waals surface area contributed by atoms with Crippen LogP contribution in [0.15, 0.2) is 48.6 Å². The number of hydrogen-bond donors (Lipinski definition) is 0. The van der Waals surface area contributed by atoms with Crippen LogP contribution in [0.3, 0.4) is 0 Å². The summed E-state index contributed by atoms with van der Waals surface area (Å²) in [6, 6.07) is 0. The highest BCUT2D eigenvalue weighted by atomic mass is 16.5. The van der Waals surface area contributed by atoms with Crippen LogP contribution >= 0.6 is 0 Å². The van der Waals surface area contributed by atoms with Crippen molar-refractivity contribution in [1.29, 1.82) is 0 Å². The molecule has 8 heteroatoms. The van der Waals surface area contributed by atoms with Crippen molar-refractivity contribution in [1.82, 2.24) is 10.1 Å². The van der Waals surface area contributed by atoms with E-state index in [4.69, 9.17) is 0 Å². The van der Waals surface area contributed by atoms with Crippen LogP contribution in [0.5, 0.6) is 0 Å². The molecule has 0 aromatic rings. The van der Waals surface area contributed by atoms with E-state index in [0.717, 1.165) is 19.6 Å². The Kier molecular flexibility index (Phi) is 6.00. The fraction of sp³-hybridized carbons (Fsp3) is 0.545. The van der Waals surface area contributed by atoms with Gasteiger partial charge in [0, 0.05) is 22.6 Å². The molecule has 0 aromatic heterocycles. The predicted octanol–water partition coefficient (Wildman–Crippen LogP) is 3.47. The molecule has 2 aliphatic rings. The van der Waals surface area contributed by atoms with Gasteiger partial charge >= 0.3 is 11.7 Å². The summed E-state index contributed by atoms with van der Waals surface area (Å²) in [6.45, 7) is 13.9. The SMILES string of the molecule is CC1(C)N([O])C(/C=C/C=C/C=C/C=C/C2=[N+]([O-])C(C)(C)C(C)(C)N2[O])=[N+]([O-])C1(C)C. The Morgan fingerprint density at radius 1 is 0.600 bits per heavy atom. The van der Waals surface area contributed by atoms with Crippen LogP contribution in [-0.2, 0) is 10.4 Å². The standard InChI is InChI=1S/C22H32N4O4/c1-19(2)20(3,4)24(28)17(23(19)27)15-13-11-9-10-12-14-16-18-25(29)21(5,6)22(7,8)26(18)30/h9-16H,1-8H3/b11-9+,12-10+,15-13+,16-14+. The Labute approximate surface area is 178 Å². The van der Waals surface area contributed by atoms with E-state index in [9.17, 15) is 20.8 Å². The van der Waals surface area contributed by atoms with Crippen molar-refractivity contribution in [2.24, 2.45) is 0 Å². The molecule has 30 heavy (non-hydrogen) atoms. The largest absolute Gasteiger partial charge is 0.714 e. The maximum absolute atomic E-state index is 12.4. The molecule has 0 fully saturated rings. The van der Waals surface area contributed by atoms with E-state index in [1.807, 2.05) is 0 Å². The fourth-order valence-electron chi connectivity index (χ4n) is 3.12. The number of allylic oxidation sites excluding steroid dienone is 6. The first-order valence-corrected chi connectivity index (χ1v) is 9.93. The van der Waals surface area contributed by atoms with E-state index in [-0.39, 0.29) is 11.7 Å². The molecule has 0 N–H and O–H groups in total. The smallest absolute Gasteiger partial charge is 0.309 e. The molecule has 0 saturated carbocycles. The quantitative estimate of drug-likeness (QED) is 0.389. The third-order valence-corrected chi connectivity index (χ3v) is 6.90. The van der Waals surface area contributed by atoms with Crippen LogP contribution in [0.2, 0.25) is 0 Å². The van der Waals surface area contributed by atoms with E-state index >= 15 is 0 Å². The molecule has 0 amide bonds. The van der Waals surface area contributed by atoms with E-state index < -0.39 is 22.2 Å². The lowest BCUT2D eigenvalue weighted by molar-refractivity contribution is -0.539. The minimum absolute atomic E-state index is 0.0625. The highest BCUT2D eigenvalue weighted by Gasteiger charge is 2.59. The van der Waals surface area contributed by atoms with Gasteiger partial charge in [-0.05, 0) is 55.4 Å². The number of nitrogens with zero attached hydrogens (tertiary/aromatic N) is 4. The first-order valence-electron chi connectivity index (χ1n) is 9.93. The van der Waals surface area contributed by atoms with Crippen LogP contribution < -0.4 is 0 Å². The van der Waals surface area contributed by atoms with Gasteiger partial charge in [-0.15, -0.1) is 0 Å². The second kappa shape index (κ2) is 7.59. The van der Waals surface area contributed by atoms with Crippen molar-refractivity contribution in [3.8, 4) is 0 Å². The van der Waals surface area contributed by atoms with E-state index in [1.165, 1.54) is 12.2 Å². The molecule has 164 valence electrons. The van der Waals surface area contributed by atoms with Gasteiger partial charge < -0.3 is 10.4 Å². The molecule has 0 aliphatic carbocycles. The van der Waals surface area contributed by atoms with Gasteiger partial charge in [-0.3, -0.25) is 9.48 Å². The molecule has 0 spiro atoms. The van der Waals surface area contributed by atoms with Crippen molar-refractivity contribution in [2.45, 2.75) is 77.5 Å². The van der Waals surface area contributed by atoms with Gasteiger partial charge in [-0.1, -0.05) is 46.6 Å². The van der Waals surface area contributed by atoms with Crippen LogP contribution in [-0.4, -0.2) is 53.4 Å². The third kappa shape index (κ3) is 3.44. The summed E-state index contributed by atoms with van der Waals surface area (Å²) in [6.07, 6.45) is 13.0.